The minimum absolute atomic E-state index is 0.409. The monoisotopic (exact) mass is 280 g/mol. The predicted octanol–water partition coefficient (Wildman–Crippen LogP) is 2.75. The lowest BCUT2D eigenvalue weighted by Gasteiger charge is -2.38. The van der Waals surface area contributed by atoms with Crippen LogP contribution in [0.5, 0.6) is 0 Å². The van der Waals surface area contributed by atoms with Gasteiger partial charge in [-0.3, -0.25) is 0 Å². The number of piperidine rings is 1. The maximum atomic E-state index is 5.99. The second kappa shape index (κ2) is 4.94. The fourth-order valence-corrected chi connectivity index (χ4v) is 3.63. The first kappa shape index (κ1) is 13.2. The SMILES string of the molecule is CN1CCC(C)(CNc2snc(N)c2C2CC2)CC1. The molecule has 106 valence electrons. The predicted molar refractivity (Wildman–Crippen MR) is 81.8 cm³/mol. The first-order valence-electron chi connectivity index (χ1n) is 7.25. The van der Waals surface area contributed by atoms with Gasteiger partial charge in [0.2, 0.25) is 0 Å². The lowest BCUT2D eigenvalue weighted by molar-refractivity contribution is 0.151. The molecule has 1 saturated carbocycles. The highest BCUT2D eigenvalue weighted by Crippen LogP contribution is 2.48. The molecule has 0 radical (unpaired) electrons. The molecule has 0 amide bonds. The summed E-state index contributed by atoms with van der Waals surface area (Å²) < 4.78 is 4.33. The van der Waals surface area contributed by atoms with E-state index in [1.165, 1.54) is 60.9 Å². The van der Waals surface area contributed by atoms with Crippen LogP contribution in [0.2, 0.25) is 0 Å². The molecule has 3 N–H and O–H groups in total. The van der Waals surface area contributed by atoms with Crippen LogP contribution in [-0.4, -0.2) is 36.0 Å². The van der Waals surface area contributed by atoms with Crippen LogP contribution in [0.15, 0.2) is 0 Å². The lowest BCUT2D eigenvalue weighted by Crippen LogP contribution is -2.40. The van der Waals surface area contributed by atoms with Crippen molar-refractivity contribution in [2.45, 2.75) is 38.5 Å². The summed E-state index contributed by atoms with van der Waals surface area (Å²) in [5.74, 6) is 1.43. The molecule has 1 saturated heterocycles. The average molecular weight is 280 g/mol. The van der Waals surface area contributed by atoms with Gasteiger partial charge in [0.05, 0.1) is 0 Å². The van der Waals surface area contributed by atoms with Gasteiger partial charge in [-0.05, 0) is 68.7 Å². The highest BCUT2D eigenvalue weighted by molar-refractivity contribution is 7.10. The summed E-state index contributed by atoms with van der Waals surface area (Å²) >= 11 is 1.54. The summed E-state index contributed by atoms with van der Waals surface area (Å²) in [5, 5.41) is 4.86. The van der Waals surface area contributed by atoms with Crippen molar-refractivity contribution >= 4 is 22.4 Å². The van der Waals surface area contributed by atoms with E-state index in [2.05, 4.69) is 28.6 Å². The van der Waals surface area contributed by atoms with Gasteiger partial charge in [0.25, 0.3) is 0 Å². The smallest absolute Gasteiger partial charge is 0.142 e. The number of nitrogens with two attached hydrogens (primary N) is 1. The van der Waals surface area contributed by atoms with E-state index in [9.17, 15) is 0 Å². The van der Waals surface area contributed by atoms with Gasteiger partial charge >= 0.3 is 0 Å². The highest BCUT2D eigenvalue weighted by atomic mass is 32.1. The van der Waals surface area contributed by atoms with Crippen LogP contribution in [0.4, 0.5) is 10.8 Å². The molecular weight excluding hydrogens is 256 g/mol. The fourth-order valence-electron chi connectivity index (χ4n) is 2.83. The molecule has 0 spiro atoms. The molecular formula is C14H24N4S. The van der Waals surface area contributed by atoms with Gasteiger partial charge < -0.3 is 16.0 Å². The van der Waals surface area contributed by atoms with Crippen molar-refractivity contribution in [2.24, 2.45) is 5.41 Å². The van der Waals surface area contributed by atoms with Crippen LogP contribution >= 0.6 is 11.5 Å². The quantitative estimate of drug-likeness (QED) is 0.890. The molecule has 3 rings (SSSR count). The van der Waals surface area contributed by atoms with Crippen molar-refractivity contribution in [2.75, 3.05) is 37.7 Å². The Bertz CT molecular complexity index is 444. The number of hydrogen-bond donors (Lipinski definition) is 2. The van der Waals surface area contributed by atoms with Crippen LogP contribution < -0.4 is 11.1 Å². The number of nitrogens with zero attached hydrogens (tertiary/aromatic N) is 2. The van der Waals surface area contributed by atoms with Crippen molar-refractivity contribution in [3.05, 3.63) is 5.56 Å². The summed E-state index contributed by atoms with van der Waals surface area (Å²) in [6.45, 7) is 5.85. The van der Waals surface area contributed by atoms with Crippen molar-refractivity contribution in [3.63, 3.8) is 0 Å². The van der Waals surface area contributed by atoms with Gasteiger partial charge in [-0.2, -0.15) is 4.37 Å². The number of nitrogens with one attached hydrogen (secondary N) is 1. The molecule has 1 aliphatic carbocycles. The minimum atomic E-state index is 0.409. The zero-order valence-electron chi connectivity index (χ0n) is 11.9. The molecule has 2 heterocycles. The third kappa shape index (κ3) is 2.87. The van der Waals surface area contributed by atoms with Crippen LogP contribution in [0.1, 0.15) is 44.1 Å². The zero-order valence-corrected chi connectivity index (χ0v) is 12.7. The minimum Gasteiger partial charge on any atom is -0.383 e. The van der Waals surface area contributed by atoms with Crippen LogP contribution in [0.3, 0.4) is 0 Å². The number of aromatic nitrogens is 1. The Labute approximate surface area is 119 Å². The Morgan fingerprint density at radius 1 is 1.42 bits per heavy atom. The topological polar surface area (TPSA) is 54.2 Å². The van der Waals surface area contributed by atoms with E-state index in [1.807, 2.05) is 0 Å². The van der Waals surface area contributed by atoms with Gasteiger partial charge in [0, 0.05) is 12.1 Å². The summed E-state index contributed by atoms with van der Waals surface area (Å²) in [6, 6.07) is 0. The summed E-state index contributed by atoms with van der Waals surface area (Å²) in [4.78, 5) is 2.42. The maximum Gasteiger partial charge on any atom is 0.142 e. The Morgan fingerprint density at radius 3 is 2.74 bits per heavy atom. The average Bonchev–Trinajstić information content (AvgIpc) is 3.15. The van der Waals surface area contributed by atoms with E-state index in [4.69, 9.17) is 5.73 Å². The Hall–Kier alpha value is -0.810. The molecule has 5 heteroatoms. The normalized spacial score (nSPS) is 23.5. The van der Waals surface area contributed by atoms with E-state index in [1.54, 1.807) is 0 Å². The van der Waals surface area contributed by atoms with Crippen LogP contribution in [0.25, 0.3) is 0 Å². The van der Waals surface area contributed by atoms with E-state index >= 15 is 0 Å². The van der Waals surface area contributed by atoms with Crippen LogP contribution in [-0.2, 0) is 0 Å². The van der Waals surface area contributed by atoms with E-state index in [0.717, 1.165) is 12.4 Å². The summed E-state index contributed by atoms with van der Waals surface area (Å²) in [7, 11) is 2.21. The van der Waals surface area contributed by atoms with Crippen molar-refractivity contribution < 1.29 is 0 Å². The van der Waals surface area contributed by atoms with Crippen molar-refractivity contribution in [1.29, 1.82) is 0 Å². The Kier molecular flexibility index (Phi) is 3.43. The van der Waals surface area contributed by atoms with Crippen LogP contribution in [0, 0.1) is 5.41 Å². The van der Waals surface area contributed by atoms with Crippen molar-refractivity contribution in [1.82, 2.24) is 9.27 Å². The fraction of sp³-hybridized carbons (Fsp3) is 0.786. The zero-order chi connectivity index (χ0) is 13.5. The summed E-state index contributed by atoms with van der Waals surface area (Å²) in [6.07, 6.45) is 5.09. The largest absolute Gasteiger partial charge is 0.383 e. The van der Waals surface area contributed by atoms with Gasteiger partial charge in [-0.15, -0.1) is 0 Å². The van der Waals surface area contributed by atoms with E-state index < -0.39 is 0 Å². The van der Waals surface area contributed by atoms with Crippen molar-refractivity contribution in [3.8, 4) is 0 Å². The number of rotatable bonds is 4. The third-order valence-corrected chi connectivity index (χ3v) is 5.45. The number of likely N-dealkylation sites (tertiary alicyclic amines) is 1. The highest BCUT2D eigenvalue weighted by Gasteiger charge is 2.32. The molecule has 1 aliphatic heterocycles. The second-order valence-corrected chi connectivity index (χ2v) is 7.33. The third-order valence-electron chi connectivity index (χ3n) is 4.61. The number of hydrogen-bond acceptors (Lipinski definition) is 5. The van der Waals surface area contributed by atoms with Gasteiger partial charge in [-0.1, -0.05) is 6.92 Å². The summed E-state index contributed by atoms with van der Waals surface area (Å²) in [5.41, 5.74) is 7.70. The number of nitrogen functional groups attached to an aromatic ring is 1. The lowest BCUT2D eigenvalue weighted by atomic mass is 9.80. The molecule has 0 bridgehead atoms. The van der Waals surface area contributed by atoms with E-state index in [0.29, 0.717) is 11.3 Å². The molecule has 2 fully saturated rings. The van der Waals surface area contributed by atoms with Gasteiger partial charge in [-0.25, -0.2) is 0 Å². The molecule has 1 aromatic rings. The molecule has 0 unspecified atom stereocenters. The molecule has 19 heavy (non-hydrogen) atoms. The number of anilines is 2. The molecule has 4 nitrogen and oxygen atoms in total. The molecule has 1 aromatic heterocycles. The maximum absolute atomic E-state index is 5.99. The molecule has 0 atom stereocenters. The first-order chi connectivity index (χ1) is 9.07. The van der Waals surface area contributed by atoms with E-state index in [-0.39, 0.29) is 0 Å². The first-order valence-corrected chi connectivity index (χ1v) is 8.02. The second-order valence-electron chi connectivity index (χ2n) is 6.55. The van der Waals surface area contributed by atoms with Gasteiger partial charge in [0.1, 0.15) is 10.8 Å². The Balaban J connectivity index is 1.63. The van der Waals surface area contributed by atoms with Gasteiger partial charge in [0.15, 0.2) is 0 Å². The molecule has 2 aliphatic rings. The Morgan fingerprint density at radius 2 is 2.11 bits per heavy atom. The standard InChI is InChI=1S/C14H24N4S/c1-14(5-7-18(2)8-6-14)9-16-13-11(10-3-4-10)12(15)17-19-13/h10,16H,3-9H2,1-2H3,(H2,15,17). The molecule has 0 aromatic carbocycles.